The van der Waals surface area contributed by atoms with E-state index in [4.69, 9.17) is 27.9 Å². The van der Waals surface area contributed by atoms with Crippen molar-refractivity contribution >= 4 is 34.9 Å². The van der Waals surface area contributed by atoms with Crippen molar-refractivity contribution in [1.82, 2.24) is 14.8 Å². The molecule has 5 nitrogen and oxygen atoms in total. The number of carbonyl (C=O) groups excluding carboxylic acids is 1. The Morgan fingerprint density at radius 2 is 1.85 bits per heavy atom. The van der Waals surface area contributed by atoms with Gasteiger partial charge in [-0.1, -0.05) is 53.5 Å². The standard InChI is InChI=1S/C26H28Cl2N3O2/c1-2-31(24-10-6-7-15-29-24)19-26(14-13-25(31)32,20-11-12-22(27)23(28)18-20)30-16-17-33-21-8-4-3-5-9-21/h3-12,15,18,30H,2,13-14,16-17,19H2,1H3/q+1. The topological polar surface area (TPSA) is 51.2 Å². The molecule has 4 rings (SSSR count). The molecule has 0 radical (unpaired) electrons. The number of nitrogens with zero attached hydrogens (tertiary/aromatic N) is 2. The normalized spacial score (nSPS) is 22.8. The van der Waals surface area contributed by atoms with Crippen molar-refractivity contribution in [3.63, 3.8) is 0 Å². The maximum absolute atomic E-state index is 13.3. The summed E-state index contributed by atoms with van der Waals surface area (Å²) in [5, 5.41) is 4.74. The second-order valence-corrected chi connectivity index (χ2v) is 9.14. The third kappa shape index (κ3) is 4.92. The van der Waals surface area contributed by atoms with Crippen LogP contribution in [0.3, 0.4) is 0 Å². The number of hydrogen-bond acceptors (Lipinski definition) is 4. The smallest absolute Gasteiger partial charge is 0.320 e. The molecule has 33 heavy (non-hydrogen) atoms. The van der Waals surface area contributed by atoms with E-state index >= 15 is 0 Å². The number of piperidine rings is 1. The van der Waals surface area contributed by atoms with Gasteiger partial charge in [0.15, 0.2) is 0 Å². The van der Waals surface area contributed by atoms with E-state index in [2.05, 4.69) is 10.3 Å². The molecule has 172 valence electrons. The molecule has 0 bridgehead atoms. The SMILES string of the molecule is CC[N+]1(c2ccccn2)CC(NCCOc2ccccc2)(c2ccc(Cl)c(Cl)c2)CCC1=O. The zero-order valence-electron chi connectivity index (χ0n) is 18.6. The molecule has 0 aliphatic carbocycles. The summed E-state index contributed by atoms with van der Waals surface area (Å²) in [5.41, 5.74) is 0.520. The molecule has 1 aliphatic rings. The van der Waals surface area contributed by atoms with Gasteiger partial charge in [-0.15, -0.1) is 0 Å². The number of benzene rings is 2. The minimum Gasteiger partial charge on any atom is -0.492 e. The minimum atomic E-state index is -0.490. The zero-order chi connectivity index (χ0) is 23.3. The third-order valence-corrected chi connectivity index (χ3v) is 7.20. The minimum absolute atomic E-state index is 0.174. The summed E-state index contributed by atoms with van der Waals surface area (Å²) in [6.45, 7) is 4.28. The van der Waals surface area contributed by atoms with Gasteiger partial charge in [-0.2, -0.15) is 0 Å². The molecule has 1 aliphatic heterocycles. The molecule has 1 saturated heterocycles. The molecule has 1 amide bonds. The average Bonchev–Trinajstić information content (AvgIpc) is 2.86. The van der Waals surface area contributed by atoms with Crippen molar-refractivity contribution in [2.75, 3.05) is 26.2 Å². The highest BCUT2D eigenvalue weighted by atomic mass is 35.5. The Kier molecular flexibility index (Phi) is 7.35. The highest BCUT2D eigenvalue weighted by Gasteiger charge is 2.52. The van der Waals surface area contributed by atoms with Gasteiger partial charge in [0.25, 0.3) is 0 Å². The fourth-order valence-corrected chi connectivity index (χ4v) is 4.98. The van der Waals surface area contributed by atoms with Crippen molar-refractivity contribution in [2.24, 2.45) is 0 Å². The Labute approximate surface area is 204 Å². The van der Waals surface area contributed by atoms with E-state index < -0.39 is 5.54 Å². The number of pyridine rings is 1. The quantitative estimate of drug-likeness (QED) is 0.333. The molecule has 1 aromatic heterocycles. The average molecular weight is 485 g/mol. The number of amides is 1. The van der Waals surface area contributed by atoms with E-state index in [0.29, 0.717) is 49.1 Å². The van der Waals surface area contributed by atoms with E-state index in [0.717, 1.165) is 17.1 Å². The number of halogens is 2. The number of carbonyl (C=O) groups is 1. The number of likely N-dealkylation sites (N-methyl/N-ethyl adjacent to an activating group) is 1. The van der Waals surface area contributed by atoms with Crippen LogP contribution in [0.1, 0.15) is 25.3 Å². The highest BCUT2D eigenvalue weighted by molar-refractivity contribution is 6.42. The van der Waals surface area contributed by atoms with Gasteiger partial charge in [-0.3, -0.25) is 5.32 Å². The number of likely N-dealkylation sites (tertiary alicyclic amines) is 1. The number of para-hydroxylation sites is 1. The summed E-state index contributed by atoms with van der Waals surface area (Å²) in [6, 6.07) is 21.2. The van der Waals surface area contributed by atoms with Crippen molar-refractivity contribution in [2.45, 2.75) is 25.3 Å². The summed E-state index contributed by atoms with van der Waals surface area (Å²) in [6.07, 6.45) is 2.83. The first kappa shape index (κ1) is 23.7. The predicted molar refractivity (Wildman–Crippen MR) is 134 cm³/mol. The van der Waals surface area contributed by atoms with Crippen LogP contribution in [0.25, 0.3) is 0 Å². The van der Waals surface area contributed by atoms with Gasteiger partial charge in [0.1, 0.15) is 18.9 Å². The zero-order valence-corrected chi connectivity index (χ0v) is 20.1. The molecule has 7 heteroatoms. The van der Waals surface area contributed by atoms with Crippen LogP contribution in [0.4, 0.5) is 5.82 Å². The number of nitrogens with one attached hydrogen (secondary N) is 1. The van der Waals surface area contributed by atoms with Crippen LogP contribution >= 0.6 is 23.2 Å². The maximum atomic E-state index is 13.3. The van der Waals surface area contributed by atoms with Crippen LogP contribution in [0.5, 0.6) is 5.75 Å². The van der Waals surface area contributed by atoms with Crippen LogP contribution in [-0.2, 0) is 10.3 Å². The molecule has 1 N–H and O–H groups in total. The molecular formula is C26H28Cl2N3O2+. The first-order valence-corrected chi connectivity index (χ1v) is 12.0. The van der Waals surface area contributed by atoms with Crippen LogP contribution in [0.2, 0.25) is 10.0 Å². The summed E-state index contributed by atoms with van der Waals surface area (Å²) in [4.78, 5) is 17.9. The molecule has 0 spiro atoms. The van der Waals surface area contributed by atoms with Crippen molar-refractivity contribution in [3.8, 4) is 5.75 Å². The van der Waals surface area contributed by atoms with Gasteiger partial charge in [-0.05, 0) is 49.2 Å². The summed E-state index contributed by atoms with van der Waals surface area (Å²) >= 11 is 12.6. The van der Waals surface area contributed by atoms with Gasteiger partial charge in [-0.25, -0.2) is 14.3 Å². The molecular weight excluding hydrogens is 457 g/mol. The van der Waals surface area contributed by atoms with Crippen LogP contribution in [-0.4, -0.2) is 37.1 Å². The number of aromatic nitrogens is 1. The van der Waals surface area contributed by atoms with Gasteiger partial charge >= 0.3 is 5.91 Å². The largest absolute Gasteiger partial charge is 0.492 e. The lowest BCUT2D eigenvalue weighted by Gasteiger charge is -2.47. The van der Waals surface area contributed by atoms with Crippen molar-refractivity contribution < 1.29 is 9.53 Å². The molecule has 0 saturated carbocycles. The van der Waals surface area contributed by atoms with E-state index in [1.165, 1.54) is 0 Å². The lowest BCUT2D eigenvalue weighted by molar-refractivity contribution is -0.135. The van der Waals surface area contributed by atoms with E-state index in [1.54, 1.807) is 6.20 Å². The highest BCUT2D eigenvalue weighted by Crippen LogP contribution is 2.40. The molecule has 2 atom stereocenters. The lowest BCUT2D eigenvalue weighted by atomic mass is 9.80. The van der Waals surface area contributed by atoms with Gasteiger partial charge in [0.2, 0.25) is 5.82 Å². The summed E-state index contributed by atoms with van der Waals surface area (Å²) < 4.78 is 6.09. The molecule has 2 unspecified atom stereocenters. The van der Waals surface area contributed by atoms with Gasteiger partial charge in [0, 0.05) is 18.8 Å². The van der Waals surface area contributed by atoms with Gasteiger partial charge < -0.3 is 4.74 Å². The molecule has 1 fully saturated rings. The monoisotopic (exact) mass is 484 g/mol. The van der Waals surface area contributed by atoms with Crippen LogP contribution in [0.15, 0.2) is 72.9 Å². The maximum Gasteiger partial charge on any atom is 0.320 e. The first-order chi connectivity index (χ1) is 16.0. The first-order valence-electron chi connectivity index (χ1n) is 11.2. The van der Waals surface area contributed by atoms with Crippen molar-refractivity contribution in [3.05, 3.63) is 88.5 Å². The molecule has 2 heterocycles. The Balaban J connectivity index is 1.66. The Morgan fingerprint density at radius 1 is 1.06 bits per heavy atom. The predicted octanol–water partition coefficient (Wildman–Crippen LogP) is 5.60. The summed E-state index contributed by atoms with van der Waals surface area (Å²) in [5.74, 6) is 1.76. The molecule has 3 aromatic rings. The van der Waals surface area contributed by atoms with Gasteiger partial charge in [0.05, 0.1) is 28.5 Å². The third-order valence-electron chi connectivity index (χ3n) is 6.46. The number of ether oxygens (including phenoxy) is 1. The Morgan fingerprint density at radius 3 is 2.55 bits per heavy atom. The Hall–Kier alpha value is -2.44. The van der Waals surface area contributed by atoms with Crippen LogP contribution in [0, 0.1) is 0 Å². The number of hydrogen-bond donors (Lipinski definition) is 1. The van der Waals surface area contributed by atoms with E-state index in [9.17, 15) is 4.79 Å². The number of quaternary nitrogens is 1. The fourth-order valence-electron chi connectivity index (χ4n) is 4.68. The van der Waals surface area contributed by atoms with E-state index in [1.807, 2.05) is 73.7 Å². The van der Waals surface area contributed by atoms with Crippen molar-refractivity contribution in [1.29, 1.82) is 0 Å². The fraction of sp³-hybridized carbons (Fsp3) is 0.308. The number of rotatable bonds is 8. The Bertz CT molecular complexity index is 1100. The summed E-state index contributed by atoms with van der Waals surface area (Å²) in [7, 11) is 0. The lowest BCUT2D eigenvalue weighted by Crippen LogP contribution is -2.67. The second kappa shape index (κ2) is 10.2. The van der Waals surface area contributed by atoms with Crippen LogP contribution < -0.4 is 14.5 Å². The molecule has 2 aromatic carbocycles. The second-order valence-electron chi connectivity index (χ2n) is 8.32. The van der Waals surface area contributed by atoms with E-state index in [-0.39, 0.29) is 10.4 Å².